The number of fused-ring (bicyclic) bond motifs is 1. The first-order chi connectivity index (χ1) is 16.1. The van der Waals surface area contributed by atoms with Crippen molar-refractivity contribution in [2.24, 2.45) is 0 Å². The SMILES string of the molecule is CC(NC(=O)C=Cc1ccccc1)C(=O)NCc1ccc(N2CCc3ccccc3C2)nc1. The maximum atomic E-state index is 12.4. The van der Waals surface area contributed by atoms with E-state index in [2.05, 4.69) is 44.8 Å². The Kier molecular flexibility index (Phi) is 7.15. The lowest BCUT2D eigenvalue weighted by Gasteiger charge is -2.29. The number of nitrogens with one attached hydrogen (secondary N) is 2. The first kappa shape index (κ1) is 22.3. The molecule has 1 aliphatic rings. The van der Waals surface area contributed by atoms with Gasteiger partial charge in [0.25, 0.3) is 0 Å². The first-order valence-electron chi connectivity index (χ1n) is 11.2. The van der Waals surface area contributed by atoms with Crippen molar-refractivity contribution in [2.45, 2.75) is 32.5 Å². The molecule has 2 N–H and O–H groups in total. The van der Waals surface area contributed by atoms with Crippen LogP contribution in [0.3, 0.4) is 0 Å². The Labute approximate surface area is 194 Å². The highest BCUT2D eigenvalue weighted by Gasteiger charge is 2.17. The number of aromatic nitrogens is 1. The summed E-state index contributed by atoms with van der Waals surface area (Å²) in [6.45, 7) is 3.82. The number of nitrogens with zero attached hydrogens (tertiary/aromatic N) is 2. The Morgan fingerprint density at radius 1 is 1.03 bits per heavy atom. The van der Waals surface area contributed by atoms with Crippen molar-refractivity contribution < 1.29 is 9.59 Å². The quantitative estimate of drug-likeness (QED) is 0.552. The van der Waals surface area contributed by atoms with Gasteiger partial charge in [0.05, 0.1) is 0 Å². The molecule has 0 saturated carbocycles. The molecule has 1 aromatic heterocycles. The van der Waals surface area contributed by atoms with Crippen LogP contribution in [0.2, 0.25) is 0 Å². The van der Waals surface area contributed by atoms with E-state index in [1.807, 2.05) is 42.5 Å². The highest BCUT2D eigenvalue weighted by atomic mass is 16.2. The molecule has 0 saturated heterocycles. The molecular formula is C27H28N4O2. The summed E-state index contributed by atoms with van der Waals surface area (Å²) in [4.78, 5) is 31.3. The van der Waals surface area contributed by atoms with Crippen LogP contribution in [-0.2, 0) is 29.1 Å². The van der Waals surface area contributed by atoms with Crippen LogP contribution in [0.4, 0.5) is 5.82 Å². The van der Waals surface area contributed by atoms with Gasteiger partial charge in [0.2, 0.25) is 11.8 Å². The van der Waals surface area contributed by atoms with Gasteiger partial charge in [-0.2, -0.15) is 0 Å². The van der Waals surface area contributed by atoms with E-state index in [1.165, 1.54) is 17.2 Å². The standard InChI is InChI=1S/C27H28N4O2/c1-20(30-26(32)14-12-21-7-3-2-4-8-21)27(33)29-18-22-11-13-25(28-17-22)31-16-15-23-9-5-6-10-24(23)19-31/h2-14,17,20H,15-16,18-19H2,1H3,(H,29,33)(H,30,32). The summed E-state index contributed by atoms with van der Waals surface area (Å²) in [7, 11) is 0. The van der Waals surface area contributed by atoms with E-state index in [4.69, 9.17) is 0 Å². The van der Waals surface area contributed by atoms with Gasteiger partial charge in [-0.15, -0.1) is 0 Å². The van der Waals surface area contributed by atoms with E-state index < -0.39 is 6.04 Å². The minimum Gasteiger partial charge on any atom is -0.352 e. The van der Waals surface area contributed by atoms with Crippen molar-refractivity contribution in [3.8, 4) is 0 Å². The van der Waals surface area contributed by atoms with Gasteiger partial charge in [0.1, 0.15) is 11.9 Å². The molecule has 6 heteroatoms. The number of benzene rings is 2. The molecular weight excluding hydrogens is 412 g/mol. The second-order valence-electron chi connectivity index (χ2n) is 8.16. The fraction of sp³-hybridized carbons (Fsp3) is 0.222. The molecule has 6 nitrogen and oxygen atoms in total. The number of hydrogen-bond acceptors (Lipinski definition) is 4. The molecule has 168 valence electrons. The molecule has 0 bridgehead atoms. The largest absolute Gasteiger partial charge is 0.352 e. The van der Waals surface area contributed by atoms with E-state index in [0.717, 1.165) is 36.5 Å². The number of hydrogen-bond donors (Lipinski definition) is 2. The van der Waals surface area contributed by atoms with Gasteiger partial charge in [-0.1, -0.05) is 60.7 Å². The Morgan fingerprint density at radius 3 is 2.55 bits per heavy atom. The second-order valence-corrected chi connectivity index (χ2v) is 8.16. The lowest BCUT2D eigenvalue weighted by Crippen LogP contribution is -2.44. The van der Waals surface area contributed by atoms with Crippen LogP contribution in [0.1, 0.15) is 29.2 Å². The van der Waals surface area contributed by atoms with Gasteiger partial charge in [0, 0.05) is 31.9 Å². The third-order valence-corrected chi connectivity index (χ3v) is 5.71. The Hall–Kier alpha value is -3.93. The number of pyridine rings is 1. The molecule has 0 spiro atoms. The van der Waals surface area contributed by atoms with Crippen LogP contribution in [0, 0.1) is 0 Å². The molecule has 0 fully saturated rings. The van der Waals surface area contributed by atoms with Gasteiger partial charge in [-0.05, 0) is 47.7 Å². The van der Waals surface area contributed by atoms with Gasteiger partial charge < -0.3 is 15.5 Å². The van der Waals surface area contributed by atoms with Crippen molar-refractivity contribution in [3.63, 3.8) is 0 Å². The van der Waals surface area contributed by atoms with Crippen molar-refractivity contribution in [1.29, 1.82) is 0 Å². The van der Waals surface area contributed by atoms with Gasteiger partial charge in [-0.25, -0.2) is 4.98 Å². The molecule has 0 aliphatic carbocycles. The molecule has 33 heavy (non-hydrogen) atoms. The fourth-order valence-corrected chi connectivity index (χ4v) is 3.80. The topological polar surface area (TPSA) is 74.3 Å². The number of anilines is 1. The summed E-state index contributed by atoms with van der Waals surface area (Å²) >= 11 is 0. The Balaban J connectivity index is 1.24. The third kappa shape index (κ3) is 6.07. The van der Waals surface area contributed by atoms with Gasteiger partial charge in [0.15, 0.2) is 0 Å². The summed E-state index contributed by atoms with van der Waals surface area (Å²) < 4.78 is 0. The fourth-order valence-electron chi connectivity index (χ4n) is 3.80. The zero-order valence-corrected chi connectivity index (χ0v) is 18.7. The summed E-state index contributed by atoms with van der Waals surface area (Å²) in [6.07, 6.45) is 5.96. The minimum absolute atomic E-state index is 0.242. The Morgan fingerprint density at radius 2 is 1.79 bits per heavy atom. The summed E-state index contributed by atoms with van der Waals surface area (Å²) in [5, 5.41) is 5.54. The number of carbonyl (C=O) groups excluding carboxylic acids is 2. The summed E-state index contributed by atoms with van der Waals surface area (Å²) in [6, 6.07) is 21.4. The van der Waals surface area contributed by atoms with Crippen LogP contribution in [0.5, 0.6) is 0 Å². The van der Waals surface area contributed by atoms with E-state index >= 15 is 0 Å². The maximum Gasteiger partial charge on any atom is 0.244 e. The predicted molar refractivity (Wildman–Crippen MR) is 130 cm³/mol. The molecule has 2 aromatic carbocycles. The second kappa shape index (κ2) is 10.6. The zero-order chi connectivity index (χ0) is 23.0. The first-order valence-corrected chi connectivity index (χ1v) is 11.2. The predicted octanol–water partition coefficient (Wildman–Crippen LogP) is 3.48. The van der Waals surface area contributed by atoms with Crippen LogP contribution >= 0.6 is 0 Å². The Bertz CT molecular complexity index is 1130. The van der Waals surface area contributed by atoms with Crippen molar-refractivity contribution >= 4 is 23.7 Å². The normalized spacial score (nSPS) is 13.9. The summed E-state index contributed by atoms with van der Waals surface area (Å²) in [5.74, 6) is 0.384. The maximum absolute atomic E-state index is 12.4. The average Bonchev–Trinajstić information content (AvgIpc) is 2.86. The molecule has 2 amide bonds. The lowest BCUT2D eigenvalue weighted by molar-refractivity contribution is -0.126. The lowest BCUT2D eigenvalue weighted by atomic mass is 10.00. The molecule has 2 heterocycles. The molecule has 3 aromatic rings. The molecule has 1 atom stereocenters. The van der Waals surface area contributed by atoms with E-state index in [9.17, 15) is 9.59 Å². The van der Waals surface area contributed by atoms with Crippen molar-refractivity contribution in [2.75, 3.05) is 11.4 Å². The molecule has 1 unspecified atom stereocenters. The van der Waals surface area contributed by atoms with E-state index in [1.54, 1.807) is 19.2 Å². The zero-order valence-electron chi connectivity index (χ0n) is 18.7. The molecule has 1 aliphatic heterocycles. The monoisotopic (exact) mass is 440 g/mol. The van der Waals surface area contributed by atoms with Gasteiger partial charge >= 0.3 is 0 Å². The molecule has 4 rings (SSSR count). The minimum atomic E-state index is -0.640. The van der Waals surface area contributed by atoms with Crippen molar-refractivity contribution in [3.05, 3.63) is 101 Å². The van der Waals surface area contributed by atoms with Crippen LogP contribution in [0.25, 0.3) is 6.08 Å². The highest BCUT2D eigenvalue weighted by molar-refractivity contribution is 5.95. The third-order valence-electron chi connectivity index (χ3n) is 5.71. The van der Waals surface area contributed by atoms with E-state index in [-0.39, 0.29) is 11.8 Å². The van der Waals surface area contributed by atoms with Gasteiger partial charge in [-0.3, -0.25) is 9.59 Å². The smallest absolute Gasteiger partial charge is 0.244 e. The van der Waals surface area contributed by atoms with Crippen LogP contribution in [0.15, 0.2) is 79.0 Å². The van der Waals surface area contributed by atoms with Crippen molar-refractivity contribution in [1.82, 2.24) is 15.6 Å². The summed E-state index contributed by atoms with van der Waals surface area (Å²) in [5.41, 5.74) is 4.59. The van der Waals surface area contributed by atoms with E-state index in [0.29, 0.717) is 6.54 Å². The highest BCUT2D eigenvalue weighted by Crippen LogP contribution is 2.22. The number of carbonyl (C=O) groups is 2. The van der Waals surface area contributed by atoms with Crippen LogP contribution < -0.4 is 15.5 Å². The average molecular weight is 441 g/mol. The number of rotatable bonds is 7. The molecule has 0 radical (unpaired) electrons. The number of amides is 2. The van der Waals surface area contributed by atoms with Crippen LogP contribution in [-0.4, -0.2) is 29.4 Å².